The molecular weight excluding hydrogens is 586 g/mol. The number of hydrogen-bond donors (Lipinski definition) is 5. The molecule has 4 rings (SSSR count). The predicted molar refractivity (Wildman–Crippen MR) is 156 cm³/mol. The van der Waals surface area contributed by atoms with Crippen molar-refractivity contribution >= 4 is 39.0 Å². The summed E-state index contributed by atoms with van der Waals surface area (Å²) < 4.78 is 59.8. The second-order valence-electron chi connectivity index (χ2n) is 10.3. The Labute approximate surface area is 246 Å². The van der Waals surface area contributed by atoms with E-state index < -0.39 is 68.8 Å². The summed E-state index contributed by atoms with van der Waals surface area (Å²) in [6, 6.07) is 2.34. The molecule has 2 unspecified atom stereocenters. The van der Waals surface area contributed by atoms with E-state index in [4.69, 9.17) is 0 Å². The number of aryl methyl sites for hydroxylation is 4. The van der Waals surface area contributed by atoms with Gasteiger partial charge in [0.05, 0.1) is 15.8 Å². The molecule has 3 aromatic rings. The number of carbonyl (C=O) groups excluding carboxylic acids is 1. The fraction of sp³-hybridized carbons (Fsp3) is 0.357. The van der Waals surface area contributed by atoms with Gasteiger partial charge in [-0.3, -0.25) is 30.0 Å². The molecule has 2 aromatic carbocycles. The zero-order valence-electron chi connectivity index (χ0n) is 23.9. The van der Waals surface area contributed by atoms with Crippen LogP contribution < -0.4 is 26.1 Å². The normalized spacial score (nSPS) is 15.9. The van der Waals surface area contributed by atoms with Gasteiger partial charge in [0.2, 0.25) is 15.5 Å². The Kier molecular flexibility index (Phi) is 9.39. The summed E-state index contributed by atoms with van der Waals surface area (Å²) in [4.78, 5) is 42.1. The van der Waals surface area contributed by atoms with Crippen LogP contribution in [0, 0.1) is 32.4 Å². The van der Waals surface area contributed by atoms with E-state index in [9.17, 15) is 32.3 Å². The maximum Gasteiger partial charge on any atom is 0.323 e. The lowest BCUT2D eigenvalue weighted by molar-refractivity contribution is -0.138. The molecule has 12 nitrogen and oxygen atoms in total. The van der Waals surface area contributed by atoms with Gasteiger partial charge in [-0.25, -0.2) is 17.2 Å². The summed E-state index contributed by atoms with van der Waals surface area (Å²) in [5.41, 5.74) is -0.409. The number of carboxylic acids is 1. The number of carbonyl (C=O) groups is 2. The van der Waals surface area contributed by atoms with Crippen LogP contribution in [0.2, 0.25) is 0 Å². The number of aliphatic imine (C=N–C) groups is 1. The van der Waals surface area contributed by atoms with Crippen molar-refractivity contribution < 1.29 is 31.9 Å². The number of nitrogens with one attached hydrogen (secondary N) is 4. The first kappa shape index (κ1) is 31.9. The van der Waals surface area contributed by atoms with Crippen molar-refractivity contribution in [1.29, 1.82) is 0 Å². The van der Waals surface area contributed by atoms with E-state index in [1.165, 1.54) is 7.05 Å². The number of rotatable bonds is 10. The quantitative estimate of drug-likeness (QED) is 0.227. The highest BCUT2D eigenvalue weighted by molar-refractivity contribution is 7.89. The molecule has 15 heteroatoms. The molecule has 1 aromatic heterocycles. The maximum absolute atomic E-state index is 15.4. The topological polar surface area (TPSA) is 171 Å². The number of benzene rings is 2. The Hall–Kier alpha value is -4.05. The molecule has 0 saturated carbocycles. The minimum Gasteiger partial charge on any atom is -0.480 e. The Balaban J connectivity index is 1.56. The van der Waals surface area contributed by atoms with E-state index in [-0.39, 0.29) is 22.5 Å². The summed E-state index contributed by atoms with van der Waals surface area (Å²) in [6.45, 7) is 4.65. The van der Waals surface area contributed by atoms with Crippen LogP contribution in [0.1, 0.15) is 39.0 Å². The van der Waals surface area contributed by atoms with Crippen molar-refractivity contribution in [3.63, 3.8) is 0 Å². The third-order valence-corrected chi connectivity index (χ3v) is 8.75. The van der Waals surface area contributed by atoms with Crippen LogP contribution in [0.25, 0.3) is 10.9 Å². The van der Waals surface area contributed by atoms with Crippen molar-refractivity contribution in [2.24, 2.45) is 12.0 Å². The van der Waals surface area contributed by atoms with Gasteiger partial charge >= 0.3 is 5.97 Å². The van der Waals surface area contributed by atoms with E-state index in [1.807, 2.05) is 0 Å². The molecule has 1 amide bonds. The summed E-state index contributed by atoms with van der Waals surface area (Å²) in [6.07, 6.45) is 2.94. The lowest BCUT2D eigenvalue weighted by Gasteiger charge is -2.20. The number of aromatic nitrogens is 1. The number of nitrogens with zero attached hydrogens (tertiary/aromatic N) is 2. The van der Waals surface area contributed by atoms with Gasteiger partial charge in [-0.1, -0.05) is 17.7 Å². The van der Waals surface area contributed by atoms with E-state index in [1.54, 1.807) is 39.1 Å². The molecule has 0 aliphatic carbocycles. The molecule has 0 bridgehead atoms. The number of carboxylic acid groups (broad SMARTS) is 1. The Morgan fingerprint density at radius 3 is 2.47 bits per heavy atom. The van der Waals surface area contributed by atoms with Gasteiger partial charge in [0.15, 0.2) is 12.1 Å². The van der Waals surface area contributed by atoms with Crippen molar-refractivity contribution in [3.8, 4) is 0 Å². The summed E-state index contributed by atoms with van der Waals surface area (Å²) in [5.74, 6) is -4.62. The van der Waals surface area contributed by atoms with Crippen LogP contribution in [0.4, 0.5) is 8.78 Å². The molecule has 2 heterocycles. The van der Waals surface area contributed by atoms with Gasteiger partial charge in [0.1, 0.15) is 17.4 Å². The van der Waals surface area contributed by atoms with E-state index in [0.717, 1.165) is 28.8 Å². The molecular formula is C28H32F2N6O6S. The summed E-state index contributed by atoms with van der Waals surface area (Å²) in [5, 5.41) is 17.4. The van der Waals surface area contributed by atoms with Gasteiger partial charge < -0.3 is 15.0 Å². The lowest BCUT2D eigenvalue weighted by Crippen LogP contribution is -2.49. The zero-order valence-corrected chi connectivity index (χ0v) is 24.7. The van der Waals surface area contributed by atoms with Crippen molar-refractivity contribution in [2.45, 2.75) is 51.0 Å². The molecule has 1 aliphatic rings. The van der Waals surface area contributed by atoms with E-state index >= 15 is 4.39 Å². The number of pyridine rings is 1. The first-order valence-electron chi connectivity index (χ1n) is 13.3. The SMILES string of the molecule is Cc1cc(C)c(S(=O)(=O)NC(CNC(=O)c2cn(C)c3c(F)c(CNC4N=CCCN4)c(F)cc3c2=O)C(=O)O)c(C)c1. The average Bonchev–Trinajstić information content (AvgIpc) is 2.92. The second kappa shape index (κ2) is 12.7. The summed E-state index contributed by atoms with van der Waals surface area (Å²) >= 11 is 0. The zero-order chi connectivity index (χ0) is 31.6. The van der Waals surface area contributed by atoms with Gasteiger partial charge in [-0.15, -0.1) is 0 Å². The monoisotopic (exact) mass is 618 g/mol. The predicted octanol–water partition coefficient (Wildman–Crippen LogP) is 1.34. The molecule has 2 atom stereocenters. The molecule has 230 valence electrons. The highest BCUT2D eigenvalue weighted by atomic mass is 32.2. The molecule has 0 spiro atoms. The highest BCUT2D eigenvalue weighted by Gasteiger charge is 2.29. The number of fused-ring (bicyclic) bond motifs is 1. The highest BCUT2D eigenvalue weighted by Crippen LogP contribution is 2.24. The van der Waals surface area contributed by atoms with Gasteiger partial charge in [0.25, 0.3) is 5.91 Å². The molecule has 0 radical (unpaired) electrons. The van der Waals surface area contributed by atoms with Crippen molar-refractivity contribution in [2.75, 3.05) is 13.1 Å². The first-order valence-corrected chi connectivity index (χ1v) is 14.8. The minimum absolute atomic E-state index is 0.0829. The van der Waals surface area contributed by atoms with Crippen LogP contribution in [0.5, 0.6) is 0 Å². The standard InChI is InChI=1S/C28H32F2N6O6S/c1-14-8-15(2)25(16(3)9-14)43(41,42)35-21(27(39)40)12-33-26(38)19-13-36(4)23-17(24(19)37)10-20(29)18(22(23)30)11-34-28-31-6-5-7-32-28/h6,8-10,13,21,28,32,34-35H,5,7,11-12H2,1-4H3,(H,33,38)(H,39,40). The lowest BCUT2D eigenvalue weighted by atomic mass is 10.1. The third-order valence-electron chi connectivity index (χ3n) is 6.97. The fourth-order valence-corrected chi connectivity index (χ4v) is 6.74. The Bertz CT molecular complexity index is 1780. The molecule has 0 saturated heterocycles. The number of aliphatic carboxylic acids is 1. The van der Waals surface area contributed by atoms with Crippen molar-refractivity contribution in [1.82, 2.24) is 25.2 Å². The smallest absolute Gasteiger partial charge is 0.323 e. The number of sulfonamides is 1. The van der Waals surface area contributed by atoms with Crippen LogP contribution >= 0.6 is 0 Å². The largest absolute Gasteiger partial charge is 0.480 e. The van der Waals surface area contributed by atoms with E-state index in [2.05, 4.69) is 25.7 Å². The van der Waals surface area contributed by atoms with Crippen LogP contribution in [-0.4, -0.2) is 61.6 Å². The van der Waals surface area contributed by atoms with E-state index in [0.29, 0.717) is 17.7 Å². The molecule has 1 aliphatic heterocycles. The fourth-order valence-electron chi connectivity index (χ4n) is 5.10. The van der Waals surface area contributed by atoms with Gasteiger partial charge in [-0.05, 0) is 44.4 Å². The van der Waals surface area contributed by atoms with Gasteiger partial charge in [-0.2, -0.15) is 4.72 Å². The molecule has 43 heavy (non-hydrogen) atoms. The number of amides is 1. The summed E-state index contributed by atoms with van der Waals surface area (Å²) in [7, 11) is -2.95. The Morgan fingerprint density at radius 2 is 1.86 bits per heavy atom. The van der Waals surface area contributed by atoms with Gasteiger partial charge in [0, 0.05) is 44.7 Å². The maximum atomic E-state index is 15.4. The minimum atomic E-state index is -4.31. The van der Waals surface area contributed by atoms with Crippen LogP contribution in [0.15, 0.2) is 39.1 Å². The third kappa shape index (κ3) is 6.80. The number of halogens is 2. The average molecular weight is 619 g/mol. The second-order valence-corrected chi connectivity index (χ2v) is 12.0. The molecule has 5 N–H and O–H groups in total. The Morgan fingerprint density at radius 1 is 1.19 bits per heavy atom. The first-order chi connectivity index (χ1) is 20.2. The number of hydrogen-bond acceptors (Lipinski definition) is 8. The van der Waals surface area contributed by atoms with Crippen LogP contribution in [-0.2, 0) is 28.4 Å². The van der Waals surface area contributed by atoms with Crippen LogP contribution in [0.3, 0.4) is 0 Å². The molecule has 0 fully saturated rings. The van der Waals surface area contributed by atoms with Crippen molar-refractivity contribution in [3.05, 3.63) is 74.1 Å².